The van der Waals surface area contributed by atoms with E-state index in [1.165, 1.54) is 11.0 Å². The number of carboxylic acid groups (broad SMARTS) is 1. The van der Waals surface area contributed by atoms with Gasteiger partial charge in [0.1, 0.15) is 0 Å². The van der Waals surface area contributed by atoms with Crippen LogP contribution in [0.25, 0.3) is 5.69 Å². The highest BCUT2D eigenvalue weighted by Crippen LogP contribution is 2.25. The van der Waals surface area contributed by atoms with Crippen LogP contribution in [0.2, 0.25) is 0 Å². The maximum absolute atomic E-state index is 12.6. The molecule has 1 saturated heterocycles. The second-order valence-corrected chi connectivity index (χ2v) is 5.68. The van der Waals surface area contributed by atoms with Crippen LogP contribution in [0, 0.1) is 5.92 Å². The van der Waals surface area contributed by atoms with Crippen molar-refractivity contribution < 1.29 is 14.7 Å². The summed E-state index contributed by atoms with van der Waals surface area (Å²) in [6.45, 7) is 2.32. The molecule has 0 aliphatic carbocycles. The third-order valence-corrected chi connectivity index (χ3v) is 4.26. The first kappa shape index (κ1) is 15.2. The molecule has 7 heteroatoms. The minimum atomic E-state index is -0.858. The molecule has 1 aromatic heterocycles. The van der Waals surface area contributed by atoms with Crippen molar-refractivity contribution in [2.24, 2.45) is 5.92 Å². The zero-order chi connectivity index (χ0) is 16.4. The van der Waals surface area contributed by atoms with Gasteiger partial charge in [0.15, 0.2) is 5.69 Å². The minimum absolute atomic E-state index is 0.228. The summed E-state index contributed by atoms with van der Waals surface area (Å²) in [7, 11) is 0. The van der Waals surface area contributed by atoms with Crippen molar-refractivity contribution in [1.29, 1.82) is 0 Å². The number of carboxylic acids is 1. The number of piperidine rings is 1. The van der Waals surface area contributed by atoms with E-state index < -0.39 is 11.9 Å². The summed E-state index contributed by atoms with van der Waals surface area (Å²) in [6.07, 6.45) is 2.70. The second-order valence-electron chi connectivity index (χ2n) is 5.68. The van der Waals surface area contributed by atoms with E-state index in [9.17, 15) is 14.7 Å². The fourth-order valence-electron chi connectivity index (χ4n) is 2.95. The van der Waals surface area contributed by atoms with Crippen molar-refractivity contribution in [3.63, 3.8) is 0 Å². The average Bonchev–Trinajstić information content (AvgIpc) is 3.05. The van der Waals surface area contributed by atoms with Gasteiger partial charge in [-0.05, 0) is 31.9 Å². The van der Waals surface area contributed by atoms with E-state index in [0.717, 1.165) is 5.69 Å². The van der Waals surface area contributed by atoms with Gasteiger partial charge in [0.05, 0.1) is 17.8 Å². The molecule has 1 aliphatic rings. The van der Waals surface area contributed by atoms with Gasteiger partial charge in [-0.15, -0.1) is 5.10 Å². The number of aromatic nitrogens is 3. The molecule has 23 heavy (non-hydrogen) atoms. The maximum atomic E-state index is 12.6. The maximum Gasteiger partial charge on any atom is 0.308 e. The number of hydrogen-bond acceptors (Lipinski definition) is 4. The first-order valence-electron chi connectivity index (χ1n) is 7.59. The summed E-state index contributed by atoms with van der Waals surface area (Å²) in [5, 5.41) is 17.6. The summed E-state index contributed by atoms with van der Waals surface area (Å²) in [4.78, 5) is 26.9. The molecule has 1 N–H and O–H groups in total. The lowest BCUT2D eigenvalue weighted by Gasteiger charge is -2.36. The van der Waals surface area contributed by atoms with Crippen molar-refractivity contribution in [2.45, 2.75) is 25.8 Å². The molecule has 1 amide bonds. The number of amides is 1. The van der Waals surface area contributed by atoms with Gasteiger partial charge in [-0.25, -0.2) is 0 Å². The fraction of sp³-hybridized carbons (Fsp3) is 0.375. The van der Waals surface area contributed by atoms with E-state index in [4.69, 9.17) is 0 Å². The molecule has 2 aromatic rings. The molecule has 0 spiro atoms. The van der Waals surface area contributed by atoms with E-state index >= 15 is 0 Å². The molecule has 1 aliphatic heterocycles. The van der Waals surface area contributed by atoms with Gasteiger partial charge < -0.3 is 10.0 Å². The van der Waals surface area contributed by atoms with Crippen LogP contribution in [0.1, 0.15) is 30.3 Å². The molecule has 0 radical (unpaired) electrons. The summed E-state index contributed by atoms with van der Waals surface area (Å²) < 4.78 is 0. The Morgan fingerprint density at radius 1 is 1.26 bits per heavy atom. The molecule has 2 atom stereocenters. The molecular formula is C16H18N4O3. The number of aliphatic carboxylic acids is 1. The van der Waals surface area contributed by atoms with Gasteiger partial charge in [0, 0.05) is 12.6 Å². The average molecular weight is 314 g/mol. The Kier molecular flexibility index (Phi) is 4.10. The zero-order valence-corrected chi connectivity index (χ0v) is 12.8. The SMILES string of the molecule is C[C@@H]1[C@H](C(=O)O)CCCN1C(=O)c1cnn(-c2ccccc2)n1. The number of benzene rings is 1. The predicted molar refractivity (Wildman–Crippen MR) is 82.2 cm³/mol. The summed E-state index contributed by atoms with van der Waals surface area (Å²) in [6, 6.07) is 8.96. The number of rotatable bonds is 3. The van der Waals surface area contributed by atoms with Gasteiger partial charge in [0.25, 0.3) is 5.91 Å². The van der Waals surface area contributed by atoms with Crippen LogP contribution in [-0.4, -0.2) is 49.5 Å². The Bertz CT molecular complexity index is 713. The van der Waals surface area contributed by atoms with Crippen molar-refractivity contribution >= 4 is 11.9 Å². The zero-order valence-electron chi connectivity index (χ0n) is 12.8. The lowest BCUT2D eigenvalue weighted by molar-refractivity contribution is -0.144. The molecule has 1 fully saturated rings. The third-order valence-electron chi connectivity index (χ3n) is 4.26. The Morgan fingerprint density at radius 3 is 2.70 bits per heavy atom. The molecule has 3 rings (SSSR count). The van der Waals surface area contributed by atoms with Crippen molar-refractivity contribution in [1.82, 2.24) is 19.9 Å². The quantitative estimate of drug-likeness (QED) is 0.929. The number of likely N-dealkylation sites (tertiary alicyclic amines) is 1. The van der Waals surface area contributed by atoms with Crippen molar-refractivity contribution in [2.75, 3.05) is 6.54 Å². The van der Waals surface area contributed by atoms with E-state index in [-0.39, 0.29) is 17.6 Å². The lowest BCUT2D eigenvalue weighted by atomic mass is 9.90. The topological polar surface area (TPSA) is 88.3 Å². The Hall–Kier alpha value is -2.70. The largest absolute Gasteiger partial charge is 0.481 e. The van der Waals surface area contributed by atoms with Crippen LogP contribution in [0.4, 0.5) is 0 Å². The van der Waals surface area contributed by atoms with Crippen LogP contribution in [0.3, 0.4) is 0 Å². The van der Waals surface area contributed by atoms with Crippen LogP contribution >= 0.6 is 0 Å². The Balaban J connectivity index is 1.81. The van der Waals surface area contributed by atoms with Crippen LogP contribution in [0.5, 0.6) is 0 Å². The Labute approximate surface area is 133 Å². The summed E-state index contributed by atoms with van der Waals surface area (Å²) in [5.41, 5.74) is 0.994. The molecular weight excluding hydrogens is 296 g/mol. The third kappa shape index (κ3) is 2.94. The summed E-state index contributed by atoms with van der Waals surface area (Å²) in [5.74, 6) is -1.66. The molecule has 0 bridgehead atoms. The first-order valence-corrected chi connectivity index (χ1v) is 7.59. The number of para-hydroxylation sites is 1. The molecule has 0 unspecified atom stereocenters. The highest BCUT2D eigenvalue weighted by molar-refractivity contribution is 5.92. The second kappa shape index (κ2) is 6.20. The predicted octanol–water partition coefficient (Wildman–Crippen LogP) is 1.59. The van der Waals surface area contributed by atoms with Gasteiger partial charge in [-0.3, -0.25) is 9.59 Å². The van der Waals surface area contributed by atoms with Gasteiger partial charge in [-0.1, -0.05) is 18.2 Å². The van der Waals surface area contributed by atoms with Crippen molar-refractivity contribution in [3.8, 4) is 5.69 Å². The number of nitrogens with zero attached hydrogens (tertiary/aromatic N) is 4. The van der Waals surface area contributed by atoms with Crippen LogP contribution in [-0.2, 0) is 4.79 Å². The first-order chi connectivity index (χ1) is 11.1. The highest BCUT2D eigenvalue weighted by Gasteiger charge is 2.36. The fourth-order valence-corrected chi connectivity index (χ4v) is 2.95. The van der Waals surface area contributed by atoms with Crippen LogP contribution < -0.4 is 0 Å². The normalized spacial score (nSPS) is 21.2. The summed E-state index contributed by atoms with van der Waals surface area (Å²) >= 11 is 0. The van der Waals surface area contributed by atoms with Crippen molar-refractivity contribution in [3.05, 3.63) is 42.2 Å². The smallest absolute Gasteiger partial charge is 0.308 e. The standard InChI is InChI=1S/C16H18N4O3/c1-11-13(16(22)23)8-5-9-19(11)15(21)14-10-17-20(18-14)12-6-3-2-4-7-12/h2-4,6-7,10-11,13H,5,8-9H2,1H3,(H,22,23)/t11-,13-/m1/s1. The monoisotopic (exact) mass is 314 g/mol. The molecule has 1 aromatic carbocycles. The van der Waals surface area contributed by atoms with Crippen LogP contribution in [0.15, 0.2) is 36.5 Å². The number of carbonyl (C=O) groups excluding carboxylic acids is 1. The molecule has 2 heterocycles. The molecule has 7 nitrogen and oxygen atoms in total. The minimum Gasteiger partial charge on any atom is -0.481 e. The highest BCUT2D eigenvalue weighted by atomic mass is 16.4. The molecule has 0 saturated carbocycles. The van der Waals surface area contributed by atoms with Gasteiger partial charge >= 0.3 is 5.97 Å². The van der Waals surface area contributed by atoms with E-state index in [2.05, 4.69) is 10.2 Å². The van der Waals surface area contributed by atoms with Gasteiger partial charge in [-0.2, -0.15) is 9.90 Å². The molecule has 120 valence electrons. The number of hydrogen-bond donors (Lipinski definition) is 1. The number of carbonyl (C=O) groups is 2. The lowest BCUT2D eigenvalue weighted by Crippen LogP contribution is -2.49. The van der Waals surface area contributed by atoms with E-state index in [1.54, 1.807) is 11.8 Å². The van der Waals surface area contributed by atoms with E-state index in [1.807, 2.05) is 30.3 Å². The Morgan fingerprint density at radius 2 is 2.00 bits per heavy atom. The van der Waals surface area contributed by atoms with Gasteiger partial charge in [0.2, 0.25) is 0 Å². The van der Waals surface area contributed by atoms with E-state index in [0.29, 0.717) is 19.4 Å².